The number of carboxylic acid groups (broad SMARTS) is 1. The molecule has 1 saturated heterocycles. The van der Waals surface area contributed by atoms with Crippen LogP contribution in [0.25, 0.3) is 10.4 Å². The lowest BCUT2D eigenvalue weighted by molar-refractivity contribution is -0.143. The molecule has 0 spiro atoms. The minimum absolute atomic E-state index is 0.0364. The number of ketones is 1. The Hall–Kier alpha value is -5.31. The fourth-order valence-electron chi connectivity index (χ4n) is 6.82. The summed E-state index contributed by atoms with van der Waals surface area (Å²) in [6.07, 6.45) is 1.44. The van der Waals surface area contributed by atoms with E-state index in [4.69, 9.17) is 23.2 Å². The Morgan fingerprint density at radius 2 is 1.54 bits per heavy atom. The number of phenols is 1. The largest absolute Gasteiger partial charge is 0.508 e. The molecular formula is C41H43Cl2N5O8S. The van der Waals surface area contributed by atoms with Crippen LogP contribution in [0.3, 0.4) is 0 Å². The van der Waals surface area contributed by atoms with Crippen molar-refractivity contribution in [3.05, 3.63) is 105 Å². The standard InChI is InChI=1S/C41H43Cl2N5O8S/c1-22(2)36(47-38(54)31(45-23(3)49)17-25-12-14-27(50)15-13-25)41(56)48-21-26(16-24-8-5-4-6-9-24)18-32(48)39(55)46-30(19-34(51)52)37(53)40-44-20-33(57-40)35-28(42)10-7-11-29(35)43/h4-15,20,22,26,30-32,36,50H,16-19,21H2,1-3H3,(H,45,49)(H,46,55)(H,47,54)(H,51,52)/t26-,30+,31+,32+,36+/m1/s1. The fraction of sp³-hybridized carbons (Fsp3) is 0.341. The van der Waals surface area contributed by atoms with Crippen LogP contribution < -0.4 is 16.0 Å². The first-order valence-corrected chi connectivity index (χ1v) is 19.8. The number of thiazole rings is 1. The van der Waals surface area contributed by atoms with Gasteiger partial charge in [-0.25, -0.2) is 4.98 Å². The van der Waals surface area contributed by atoms with Gasteiger partial charge in [0.05, 0.1) is 21.3 Å². The van der Waals surface area contributed by atoms with E-state index in [9.17, 15) is 39.0 Å². The lowest BCUT2D eigenvalue weighted by Crippen LogP contribution is -2.59. The third kappa shape index (κ3) is 11.2. The van der Waals surface area contributed by atoms with E-state index in [1.165, 1.54) is 30.2 Å². The Kier molecular flexibility index (Phi) is 14.4. The van der Waals surface area contributed by atoms with Crippen LogP contribution in [0.1, 0.15) is 54.5 Å². The Bertz CT molecular complexity index is 2090. The topological polar surface area (TPSA) is 195 Å². The van der Waals surface area contributed by atoms with E-state index in [0.717, 1.165) is 16.9 Å². The molecule has 5 rings (SSSR count). The third-order valence-corrected chi connectivity index (χ3v) is 11.2. The van der Waals surface area contributed by atoms with Crippen LogP contribution in [0.15, 0.2) is 79.0 Å². The average Bonchev–Trinajstić information content (AvgIpc) is 3.81. The van der Waals surface area contributed by atoms with E-state index in [1.54, 1.807) is 44.2 Å². The summed E-state index contributed by atoms with van der Waals surface area (Å²) in [6, 6.07) is 15.8. The molecule has 1 aliphatic rings. The summed E-state index contributed by atoms with van der Waals surface area (Å²) in [4.78, 5) is 86.5. The van der Waals surface area contributed by atoms with Gasteiger partial charge in [-0.2, -0.15) is 0 Å². The number of Topliss-reactive ketones (excluding diaryl/α,β-unsaturated/α-hetero) is 1. The minimum atomic E-state index is -1.53. The SMILES string of the molecule is CC(=O)N[C@@H](Cc1ccc(O)cc1)C(=O)N[C@H](C(=O)N1C[C@H](Cc2ccccc2)C[C@H]1C(=O)N[C@@H](CC(=O)O)C(=O)c1ncc(-c2c(Cl)cccc2Cl)s1)C(C)C. The zero-order chi connectivity index (χ0) is 41.4. The highest BCUT2D eigenvalue weighted by atomic mass is 35.5. The number of hydrogen-bond acceptors (Lipinski definition) is 9. The fourth-order valence-corrected chi connectivity index (χ4v) is 8.51. The van der Waals surface area contributed by atoms with Gasteiger partial charge in [-0.05, 0) is 60.1 Å². The van der Waals surface area contributed by atoms with Crippen LogP contribution >= 0.6 is 34.5 Å². The molecule has 1 aliphatic heterocycles. The van der Waals surface area contributed by atoms with Crippen molar-refractivity contribution in [3.8, 4) is 16.2 Å². The highest BCUT2D eigenvalue weighted by Gasteiger charge is 2.44. The number of amides is 4. The number of likely N-dealkylation sites (tertiary alicyclic amines) is 1. The smallest absolute Gasteiger partial charge is 0.305 e. The molecular weight excluding hydrogens is 793 g/mol. The van der Waals surface area contributed by atoms with Crippen LogP contribution in [0.4, 0.5) is 0 Å². The molecule has 4 amide bonds. The Morgan fingerprint density at radius 3 is 2.16 bits per heavy atom. The molecule has 3 aromatic carbocycles. The maximum absolute atomic E-state index is 14.5. The number of phenolic OH excluding ortho intramolecular Hbond substituents is 1. The molecule has 0 radical (unpaired) electrons. The zero-order valence-corrected chi connectivity index (χ0v) is 33.7. The second-order valence-electron chi connectivity index (χ2n) is 14.3. The van der Waals surface area contributed by atoms with Crippen LogP contribution in [-0.2, 0) is 36.8 Å². The molecule has 1 aromatic heterocycles. The monoisotopic (exact) mass is 835 g/mol. The molecule has 5 atom stereocenters. The van der Waals surface area contributed by atoms with Crippen LogP contribution in [0.5, 0.6) is 5.75 Å². The van der Waals surface area contributed by atoms with Crippen molar-refractivity contribution >= 4 is 69.9 Å². The van der Waals surface area contributed by atoms with Crippen LogP contribution in [-0.4, -0.2) is 86.2 Å². The number of carbonyl (C=O) groups is 6. The van der Waals surface area contributed by atoms with Crippen molar-refractivity contribution in [1.82, 2.24) is 25.8 Å². The minimum Gasteiger partial charge on any atom is -0.508 e. The number of benzene rings is 3. The number of nitrogens with zero attached hydrogens (tertiary/aromatic N) is 2. The molecule has 300 valence electrons. The van der Waals surface area contributed by atoms with Gasteiger partial charge in [-0.1, -0.05) is 85.6 Å². The lowest BCUT2D eigenvalue weighted by Gasteiger charge is -2.32. The van der Waals surface area contributed by atoms with Gasteiger partial charge in [0, 0.05) is 31.6 Å². The Morgan fingerprint density at radius 1 is 0.877 bits per heavy atom. The summed E-state index contributed by atoms with van der Waals surface area (Å²) < 4.78 is 0. The number of halogens is 2. The van der Waals surface area contributed by atoms with Crippen molar-refractivity contribution in [1.29, 1.82) is 0 Å². The maximum atomic E-state index is 14.5. The summed E-state index contributed by atoms with van der Waals surface area (Å²) in [5.74, 6) is -5.09. The van der Waals surface area contributed by atoms with Crippen molar-refractivity contribution in [2.24, 2.45) is 11.8 Å². The number of carbonyl (C=O) groups excluding carboxylic acids is 5. The normalized spacial score (nSPS) is 16.7. The second kappa shape index (κ2) is 19.2. The molecule has 4 aromatic rings. The summed E-state index contributed by atoms with van der Waals surface area (Å²) in [7, 11) is 0. The number of rotatable bonds is 16. The predicted molar refractivity (Wildman–Crippen MR) is 216 cm³/mol. The van der Waals surface area contributed by atoms with Gasteiger partial charge < -0.3 is 31.1 Å². The van der Waals surface area contributed by atoms with E-state index >= 15 is 0 Å². The number of aliphatic carboxylic acids is 1. The van der Waals surface area contributed by atoms with Gasteiger partial charge in [0.25, 0.3) is 0 Å². The molecule has 0 bridgehead atoms. The first-order chi connectivity index (χ1) is 27.1. The molecule has 1 fully saturated rings. The van der Waals surface area contributed by atoms with E-state index in [-0.39, 0.29) is 36.1 Å². The summed E-state index contributed by atoms with van der Waals surface area (Å²) in [6.45, 7) is 4.89. The molecule has 5 N–H and O–H groups in total. The zero-order valence-electron chi connectivity index (χ0n) is 31.4. The van der Waals surface area contributed by atoms with Gasteiger partial charge in [0.1, 0.15) is 29.9 Å². The van der Waals surface area contributed by atoms with Gasteiger partial charge >= 0.3 is 5.97 Å². The number of aromatic hydroxyl groups is 1. The summed E-state index contributed by atoms with van der Waals surface area (Å²) in [5, 5.41) is 28.1. The molecule has 0 saturated carbocycles. The predicted octanol–water partition coefficient (Wildman–Crippen LogP) is 5.31. The average molecular weight is 837 g/mol. The van der Waals surface area contributed by atoms with Crippen molar-refractivity contribution in [2.75, 3.05) is 6.54 Å². The summed E-state index contributed by atoms with van der Waals surface area (Å²) in [5.41, 5.74) is 2.09. The van der Waals surface area contributed by atoms with Crippen molar-refractivity contribution in [2.45, 2.75) is 70.6 Å². The number of hydrogen-bond donors (Lipinski definition) is 5. The second-order valence-corrected chi connectivity index (χ2v) is 16.1. The number of aromatic nitrogens is 1. The van der Waals surface area contributed by atoms with Crippen molar-refractivity contribution in [3.63, 3.8) is 0 Å². The van der Waals surface area contributed by atoms with Gasteiger partial charge in [-0.3, -0.25) is 28.8 Å². The quantitative estimate of drug-likeness (QED) is 0.0930. The highest BCUT2D eigenvalue weighted by Crippen LogP contribution is 2.38. The maximum Gasteiger partial charge on any atom is 0.305 e. The number of carboxylic acids is 1. The Labute approximate surface area is 343 Å². The van der Waals surface area contributed by atoms with Gasteiger partial charge in [0.2, 0.25) is 29.4 Å². The van der Waals surface area contributed by atoms with Crippen LogP contribution in [0, 0.1) is 11.8 Å². The number of nitrogens with one attached hydrogen (secondary N) is 3. The first-order valence-electron chi connectivity index (χ1n) is 18.3. The first kappa shape index (κ1) is 42.8. The molecule has 16 heteroatoms. The third-order valence-electron chi connectivity index (χ3n) is 9.58. The van der Waals surface area contributed by atoms with E-state index in [0.29, 0.717) is 32.5 Å². The van der Waals surface area contributed by atoms with Crippen LogP contribution in [0.2, 0.25) is 10.0 Å². The van der Waals surface area contributed by atoms with E-state index < -0.39 is 71.9 Å². The summed E-state index contributed by atoms with van der Waals surface area (Å²) >= 11 is 13.7. The van der Waals surface area contributed by atoms with E-state index in [1.807, 2.05) is 30.3 Å². The molecule has 0 aliphatic carbocycles. The molecule has 57 heavy (non-hydrogen) atoms. The molecule has 13 nitrogen and oxygen atoms in total. The highest BCUT2D eigenvalue weighted by molar-refractivity contribution is 7.17. The molecule has 0 unspecified atom stereocenters. The van der Waals surface area contributed by atoms with Gasteiger partial charge in [-0.15, -0.1) is 11.3 Å². The van der Waals surface area contributed by atoms with Crippen molar-refractivity contribution < 1.29 is 39.0 Å². The lowest BCUT2D eigenvalue weighted by atomic mass is 9.96. The Balaban J connectivity index is 1.40. The van der Waals surface area contributed by atoms with E-state index in [2.05, 4.69) is 20.9 Å². The molecule has 2 heterocycles. The van der Waals surface area contributed by atoms with Gasteiger partial charge in [0.15, 0.2) is 5.01 Å².